The SMILES string of the molecule is CC1=C[C@@H](C)C=CC=C1OS(=O)(=O)F. The van der Waals surface area contributed by atoms with Crippen molar-refractivity contribution in [3.8, 4) is 0 Å². The van der Waals surface area contributed by atoms with E-state index >= 15 is 0 Å². The number of rotatable bonds is 2. The highest BCUT2D eigenvalue weighted by atomic mass is 32.3. The molecule has 0 fully saturated rings. The summed E-state index contributed by atoms with van der Waals surface area (Å²) in [6.07, 6.45) is 6.70. The van der Waals surface area contributed by atoms with E-state index in [1.165, 1.54) is 6.08 Å². The second-order valence-electron chi connectivity index (χ2n) is 3.10. The molecule has 0 aromatic rings. The normalized spacial score (nSPS) is 22.4. The molecule has 5 heteroatoms. The van der Waals surface area contributed by atoms with Crippen LogP contribution in [0.3, 0.4) is 0 Å². The Morgan fingerprint density at radius 1 is 1.50 bits per heavy atom. The van der Waals surface area contributed by atoms with E-state index in [1.54, 1.807) is 19.1 Å². The molecule has 3 nitrogen and oxygen atoms in total. The van der Waals surface area contributed by atoms with Crippen LogP contribution in [0.1, 0.15) is 13.8 Å². The van der Waals surface area contributed by atoms with Crippen LogP contribution in [-0.4, -0.2) is 8.42 Å². The number of hydrogen-bond acceptors (Lipinski definition) is 3. The molecule has 0 aromatic heterocycles. The zero-order chi connectivity index (χ0) is 10.8. The Bertz CT molecular complexity index is 404. The molecule has 0 heterocycles. The van der Waals surface area contributed by atoms with E-state index in [4.69, 9.17) is 0 Å². The van der Waals surface area contributed by atoms with Crippen LogP contribution in [0.4, 0.5) is 3.89 Å². The maximum atomic E-state index is 12.2. The predicted molar refractivity (Wildman–Crippen MR) is 51.3 cm³/mol. The maximum absolute atomic E-state index is 12.2. The van der Waals surface area contributed by atoms with Crippen LogP contribution < -0.4 is 0 Å². The molecule has 0 unspecified atom stereocenters. The van der Waals surface area contributed by atoms with Crippen molar-refractivity contribution < 1.29 is 16.5 Å². The summed E-state index contributed by atoms with van der Waals surface area (Å²) in [5, 5.41) is 0. The van der Waals surface area contributed by atoms with Gasteiger partial charge in [-0.25, -0.2) is 0 Å². The molecule has 1 atom stereocenters. The molecule has 0 N–H and O–H groups in total. The van der Waals surface area contributed by atoms with E-state index in [2.05, 4.69) is 4.18 Å². The molecule has 14 heavy (non-hydrogen) atoms. The van der Waals surface area contributed by atoms with Gasteiger partial charge in [-0.05, 0) is 24.5 Å². The van der Waals surface area contributed by atoms with Gasteiger partial charge in [-0.15, -0.1) is 0 Å². The molecule has 78 valence electrons. The van der Waals surface area contributed by atoms with E-state index in [0.29, 0.717) is 5.57 Å². The lowest BCUT2D eigenvalue weighted by molar-refractivity contribution is 0.377. The summed E-state index contributed by atoms with van der Waals surface area (Å²) in [7, 11) is -4.93. The van der Waals surface area contributed by atoms with Gasteiger partial charge in [0.15, 0.2) is 0 Å². The summed E-state index contributed by atoms with van der Waals surface area (Å²) in [6, 6.07) is 0. The Kier molecular flexibility index (Phi) is 3.10. The first kappa shape index (κ1) is 11.0. The van der Waals surface area contributed by atoms with Crippen molar-refractivity contribution in [3.05, 3.63) is 35.6 Å². The highest BCUT2D eigenvalue weighted by molar-refractivity contribution is 7.81. The Labute approximate surface area is 83.0 Å². The third-order valence-corrected chi connectivity index (χ3v) is 2.13. The molecule has 0 bridgehead atoms. The molecule has 1 aliphatic rings. The zero-order valence-corrected chi connectivity index (χ0v) is 8.71. The monoisotopic (exact) mass is 218 g/mol. The first-order chi connectivity index (χ1) is 6.38. The standard InChI is InChI=1S/C9H11FO3S/c1-7-4-3-5-9(8(2)6-7)13-14(10,11)12/h3-7H,1-2H3/t7-/m0/s1. The quantitative estimate of drug-likeness (QED) is 0.668. The van der Waals surface area contributed by atoms with Gasteiger partial charge in [-0.3, -0.25) is 0 Å². The summed E-state index contributed by atoms with van der Waals surface area (Å²) in [4.78, 5) is 0. The van der Waals surface area contributed by atoms with Crippen LogP contribution in [-0.2, 0) is 14.7 Å². The summed E-state index contributed by atoms with van der Waals surface area (Å²) in [5.41, 5.74) is 0.601. The van der Waals surface area contributed by atoms with Crippen molar-refractivity contribution in [3.63, 3.8) is 0 Å². The highest BCUT2D eigenvalue weighted by Crippen LogP contribution is 2.20. The van der Waals surface area contributed by atoms with E-state index in [9.17, 15) is 12.3 Å². The van der Waals surface area contributed by atoms with Gasteiger partial charge in [0.25, 0.3) is 0 Å². The maximum Gasteiger partial charge on any atom is 0.488 e. The summed E-state index contributed by atoms with van der Waals surface area (Å²) in [5.74, 6) is 0.197. The van der Waals surface area contributed by atoms with Crippen LogP contribution in [0.5, 0.6) is 0 Å². The van der Waals surface area contributed by atoms with Gasteiger partial charge < -0.3 is 4.18 Å². The van der Waals surface area contributed by atoms with Gasteiger partial charge in [0.2, 0.25) is 0 Å². The Balaban J connectivity index is 2.94. The lowest BCUT2D eigenvalue weighted by Gasteiger charge is -2.05. The molecule has 0 saturated heterocycles. The zero-order valence-electron chi connectivity index (χ0n) is 7.90. The first-order valence-electron chi connectivity index (χ1n) is 4.10. The lowest BCUT2D eigenvalue weighted by atomic mass is 10.1. The molecule has 0 saturated carbocycles. The third kappa shape index (κ3) is 3.33. The molecule has 0 aromatic carbocycles. The van der Waals surface area contributed by atoms with E-state index in [1.807, 2.05) is 13.0 Å². The van der Waals surface area contributed by atoms with Crippen molar-refractivity contribution in [2.75, 3.05) is 0 Å². The van der Waals surface area contributed by atoms with Gasteiger partial charge in [-0.1, -0.05) is 29.0 Å². The summed E-state index contributed by atoms with van der Waals surface area (Å²) in [6.45, 7) is 3.60. The number of allylic oxidation sites excluding steroid dienone is 5. The molecular weight excluding hydrogens is 207 g/mol. The van der Waals surface area contributed by atoms with Crippen LogP contribution in [0.2, 0.25) is 0 Å². The second kappa shape index (κ2) is 3.96. The van der Waals surface area contributed by atoms with Crippen molar-refractivity contribution in [2.45, 2.75) is 13.8 Å². The average Bonchev–Trinajstić information content (AvgIpc) is 2.11. The van der Waals surface area contributed by atoms with Crippen LogP contribution >= 0.6 is 0 Å². The van der Waals surface area contributed by atoms with Gasteiger partial charge in [0.1, 0.15) is 5.76 Å². The minimum atomic E-state index is -4.93. The molecule has 1 aliphatic carbocycles. The smallest absolute Gasteiger partial charge is 0.358 e. The number of hydrogen-bond donors (Lipinski definition) is 0. The molecule has 0 amide bonds. The minimum absolute atomic E-state index is 0.0214. The molecule has 0 spiro atoms. The largest absolute Gasteiger partial charge is 0.488 e. The Morgan fingerprint density at radius 3 is 2.71 bits per heavy atom. The Morgan fingerprint density at radius 2 is 2.14 bits per heavy atom. The minimum Gasteiger partial charge on any atom is -0.358 e. The lowest BCUT2D eigenvalue weighted by Crippen LogP contribution is -1.99. The van der Waals surface area contributed by atoms with Crippen LogP contribution in [0.15, 0.2) is 35.6 Å². The topological polar surface area (TPSA) is 43.4 Å². The van der Waals surface area contributed by atoms with Gasteiger partial charge in [0.05, 0.1) is 0 Å². The fourth-order valence-electron chi connectivity index (χ4n) is 1.18. The fourth-order valence-corrected chi connectivity index (χ4v) is 1.58. The molecule has 1 rings (SSSR count). The van der Waals surface area contributed by atoms with E-state index in [-0.39, 0.29) is 11.7 Å². The summed E-state index contributed by atoms with van der Waals surface area (Å²) >= 11 is 0. The van der Waals surface area contributed by atoms with E-state index in [0.717, 1.165) is 0 Å². The van der Waals surface area contributed by atoms with E-state index < -0.39 is 10.5 Å². The van der Waals surface area contributed by atoms with Crippen molar-refractivity contribution >= 4 is 10.5 Å². The molecule has 0 aliphatic heterocycles. The van der Waals surface area contributed by atoms with Crippen molar-refractivity contribution in [1.29, 1.82) is 0 Å². The third-order valence-electron chi connectivity index (χ3n) is 1.75. The predicted octanol–water partition coefficient (Wildman–Crippen LogP) is 2.25. The first-order valence-corrected chi connectivity index (χ1v) is 5.41. The molecular formula is C9H11FO3S. The Hall–Kier alpha value is -1.10. The van der Waals surface area contributed by atoms with Crippen LogP contribution in [0.25, 0.3) is 0 Å². The van der Waals surface area contributed by atoms with Crippen molar-refractivity contribution in [1.82, 2.24) is 0 Å². The molecule has 0 radical (unpaired) electrons. The highest BCUT2D eigenvalue weighted by Gasteiger charge is 2.14. The average molecular weight is 218 g/mol. The van der Waals surface area contributed by atoms with Gasteiger partial charge in [0, 0.05) is 0 Å². The van der Waals surface area contributed by atoms with Gasteiger partial charge >= 0.3 is 10.5 Å². The number of halogens is 1. The van der Waals surface area contributed by atoms with Gasteiger partial charge in [-0.2, -0.15) is 8.42 Å². The second-order valence-corrected chi connectivity index (χ2v) is 4.05. The van der Waals surface area contributed by atoms with Crippen LogP contribution in [0, 0.1) is 5.92 Å². The summed E-state index contributed by atoms with van der Waals surface area (Å²) < 4.78 is 36.9. The van der Waals surface area contributed by atoms with Crippen molar-refractivity contribution in [2.24, 2.45) is 5.92 Å². The fraction of sp³-hybridized carbons (Fsp3) is 0.333.